The lowest BCUT2D eigenvalue weighted by Crippen LogP contribution is -2.53. The molecule has 2 saturated heterocycles. The Morgan fingerprint density at radius 2 is 1.76 bits per heavy atom. The van der Waals surface area contributed by atoms with Gasteiger partial charge in [-0.1, -0.05) is 42.4 Å². The van der Waals surface area contributed by atoms with Gasteiger partial charge in [-0.2, -0.15) is 4.98 Å². The summed E-state index contributed by atoms with van der Waals surface area (Å²) in [5.74, 6) is -1.87. The Morgan fingerprint density at radius 1 is 1.00 bits per heavy atom. The molecule has 5 heterocycles. The number of amides is 3. The maximum Gasteiger partial charge on any atom is 0.315 e. The molecule has 1 saturated carbocycles. The summed E-state index contributed by atoms with van der Waals surface area (Å²) in [5.41, 5.74) is 12.5. The monoisotopic (exact) mass is 741 g/mol. The van der Waals surface area contributed by atoms with Crippen LogP contribution in [0.4, 0.5) is 10.1 Å². The van der Waals surface area contributed by atoms with Crippen molar-refractivity contribution in [3.8, 4) is 11.3 Å². The van der Waals surface area contributed by atoms with Crippen LogP contribution in [0.3, 0.4) is 0 Å². The second-order valence-electron chi connectivity index (χ2n) is 15.0. The molecule has 6 aromatic rings. The second-order valence-corrected chi connectivity index (χ2v) is 15.0. The van der Waals surface area contributed by atoms with Gasteiger partial charge in [-0.15, -0.1) is 0 Å². The fourth-order valence-electron chi connectivity index (χ4n) is 8.63. The van der Waals surface area contributed by atoms with Gasteiger partial charge in [-0.25, -0.2) is 14.4 Å². The van der Waals surface area contributed by atoms with Crippen LogP contribution < -0.4 is 16.0 Å². The molecule has 2 atom stereocenters. The van der Waals surface area contributed by atoms with Gasteiger partial charge in [0, 0.05) is 66.7 Å². The van der Waals surface area contributed by atoms with Gasteiger partial charge in [0.05, 0.1) is 17.0 Å². The van der Waals surface area contributed by atoms with Crippen molar-refractivity contribution in [2.75, 3.05) is 31.1 Å². The predicted molar refractivity (Wildman–Crippen MR) is 203 cm³/mol. The number of carbonyl (C=O) groups excluding carboxylic acids is 3. The number of hydrogen-bond acceptors (Lipinski definition) is 10. The largest absolute Gasteiger partial charge is 0.369 e. The number of aromatic amines is 1. The van der Waals surface area contributed by atoms with Crippen molar-refractivity contribution < 1.29 is 23.3 Å². The van der Waals surface area contributed by atoms with Crippen molar-refractivity contribution in [3.63, 3.8) is 0 Å². The minimum absolute atomic E-state index is 0.188. The van der Waals surface area contributed by atoms with Gasteiger partial charge >= 0.3 is 11.8 Å². The minimum atomic E-state index is -0.820. The van der Waals surface area contributed by atoms with E-state index >= 15 is 4.39 Å². The Hall–Kier alpha value is -6.02. The van der Waals surface area contributed by atoms with Crippen molar-refractivity contribution in [2.45, 2.75) is 63.3 Å². The molecule has 55 heavy (non-hydrogen) atoms. The number of H-pyrrole nitrogens is 1. The lowest BCUT2D eigenvalue weighted by molar-refractivity contribution is -0.134. The number of aromatic nitrogens is 5. The van der Waals surface area contributed by atoms with E-state index in [0.717, 1.165) is 72.1 Å². The highest BCUT2D eigenvalue weighted by atomic mass is 19.1. The predicted octanol–water partition coefficient (Wildman–Crippen LogP) is 5.45. The van der Waals surface area contributed by atoms with Gasteiger partial charge in [0.25, 0.3) is 0 Å². The number of piperazine rings is 1. The first-order valence-corrected chi connectivity index (χ1v) is 18.7. The number of fused-ring (bicyclic) bond motifs is 3. The quantitative estimate of drug-likeness (QED) is 0.170. The first kappa shape index (κ1) is 34.7. The maximum absolute atomic E-state index is 16.0. The van der Waals surface area contributed by atoms with E-state index in [-0.39, 0.29) is 29.4 Å². The Bertz CT molecular complexity index is 2480. The summed E-state index contributed by atoms with van der Waals surface area (Å²) in [5, 5.41) is 7.99. The van der Waals surface area contributed by atoms with Crippen molar-refractivity contribution in [1.82, 2.24) is 35.3 Å². The lowest BCUT2D eigenvalue weighted by atomic mass is 9.74. The number of piperidine rings is 1. The fraction of sp³-hybridized carbons (Fsp3) is 0.341. The van der Waals surface area contributed by atoms with Gasteiger partial charge in [0.15, 0.2) is 5.82 Å². The molecule has 13 nitrogen and oxygen atoms in total. The molecule has 9 rings (SSSR count). The molecule has 280 valence electrons. The smallest absolute Gasteiger partial charge is 0.315 e. The summed E-state index contributed by atoms with van der Waals surface area (Å²) in [7, 11) is 0. The molecule has 0 radical (unpaired) electrons. The number of benzene rings is 3. The van der Waals surface area contributed by atoms with E-state index in [1.807, 2.05) is 13.8 Å². The van der Waals surface area contributed by atoms with Crippen LogP contribution in [0.1, 0.15) is 89.1 Å². The van der Waals surface area contributed by atoms with Crippen LogP contribution in [-0.4, -0.2) is 79.9 Å². The standard InChI is InChI=1S/C41H40FN9O4/c1-21-15-31(32(42)19-30(21)22(2)38-48-41(37(43)53)55-49-38)36-35-29-8-7-26(18-33(29)46-39(35)45-20-44-36)50-11-13-51(14-12-50)27-16-25(17-27)23-3-5-24(6-4-23)28-9-10-34(52)47-40(28)54/h3-8,15,18-20,22,25,27-28H,9-14,16-17H2,1-2H3,(H2,43,53)(H,44,45,46)(H,47,52,54)/t22-,25?,27?,28+/m1/s1. The number of imide groups is 1. The Morgan fingerprint density at radius 3 is 2.49 bits per heavy atom. The van der Waals surface area contributed by atoms with Crippen LogP contribution in [0.2, 0.25) is 0 Å². The number of nitrogens with one attached hydrogen (secondary N) is 2. The van der Waals surface area contributed by atoms with Crippen molar-refractivity contribution >= 4 is 45.3 Å². The average molecular weight is 742 g/mol. The molecule has 14 heteroatoms. The minimum Gasteiger partial charge on any atom is -0.369 e. The van der Waals surface area contributed by atoms with Crippen LogP contribution >= 0.6 is 0 Å². The Balaban J connectivity index is 0.864. The molecule has 3 aliphatic rings. The zero-order valence-corrected chi connectivity index (χ0v) is 30.5. The molecule has 3 fully saturated rings. The highest BCUT2D eigenvalue weighted by Crippen LogP contribution is 2.42. The maximum atomic E-state index is 16.0. The van der Waals surface area contributed by atoms with E-state index in [1.165, 1.54) is 18.0 Å². The number of halogens is 1. The van der Waals surface area contributed by atoms with Crippen molar-refractivity contribution in [2.24, 2.45) is 5.73 Å². The van der Waals surface area contributed by atoms with Crippen LogP contribution in [0.25, 0.3) is 33.2 Å². The molecule has 4 N–H and O–H groups in total. The van der Waals surface area contributed by atoms with E-state index in [9.17, 15) is 14.4 Å². The summed E-state index contributed by atoms with van der Waals surface area (Å²) < 4.78 is 20.9. The number of carbonyl (C=O) groups is 3. The number of nitrogens with two attached hydrogens (primary N) is 1. The number of rotatable bonds is 8. The molecular weight excluding hydrogens is 702 g/mol. The van der Waals surface area contributed by atoms with E-state index in [4.69, 9.17) is 10.3 Å². The highest BCUT2D eigenvalue weighted by molar-refractivity contribution is 6.12. The molecule has 3 amide bonds. The third-order valence-electron chi connectivity index (χ3n) is 11.8. The van der Waals surface area contributed by atoms with Gasteiger partial charge in [0.1, 0.15) is 17.8 Å². The van der Waals surface area contributed by atoms with Crippen molar-refractivity contribution in [1.29, 1.82) is 0 Å². The Kier molecular flexibility index (Phi) is 8.64. The summed E-state index contributed by atoms with van der Waals surface area (Å²) in [6.07, 6.45) is 4.66. The van der Waals surface area contributed by atoms with E-state index in [0.29, 0.717) is 47.3 Å². The topological polar surface area (TPSA) is 176 Å². The van der Waals surface area contributed by atoms with Gasteiger partial charge in [-0.3, -0.25) is 24.6 Å². The second kappa shape index (κ2) is 13.7. The van der Waals surface area contributed by atoms with Crippen LogP contribution in [0.15, 0.2) is 65.4 Å². The lowest BCUT2D eigenvalue weighted by Gasteiger charge is -2.47. The normalized spacial score (nSPS) is 21.1. The van der Waals surface area contributed by atoms with Gasteiger partial charge in [-0.05, 0) is 78.6 Å². The summed E-state index contributed by atoms with van der Waals surface area (Å²) in [4.78, 5) is 56.9. The van der Waals surface area contributed by atoms with E-state index < -0.39 is 17.6 Å². The van der Waals surface area contributed by atoms with E-state index in [2.05, 4.69) is 82.7 Å². The van der Waals surface area contributed by atoms with Crippen LogP contribution in [-0.2, 0) is 9.59 Å². The summed E-state index contributed by atoms with van der Waals surface area (Å²) in [6.45, 7) is 7.51. The number of primary amides is 1. The van der Waals surface area contributed by atoms with Crippen LogP contribution in [0, 0.1) is 12.7 Å². The molecule has 2 aliphatic heterocycles. The fourth-order valence-corrected chi connectivity index (χ4v) is 8.63. The van der Waals surface area contributed by atoms with E-state index in [1.54, 1.807) is 6.07 Å². The number of aryl methyl sites for hydroxylation is 1. The molecule has 0 bridgehead atoms. The first-order valence-electron chi connectivity index (χ1n) is 18.7. The molecular formula is C41H40FN9O4. The summed E-state index contributed by atoms with van der Waals surface area (Å²) >= 11 is 0. The third-order valence-corrected chi connectivity index (χ3v) is 11.8. The SMILES string of the molecule is Cc1cc(-c2ncnc3[nH]c4cc(N5CCN(C6CC(c7ccc([C@@H]8CCC(=O)NC8=O)cc7)C6)CC5)ccc4c23)c(F)cc1[C@@H](C)c1noc(C(N)=O)n1. The van der Waals surface area contributed by atoms with Crippen molar-refractivity contribution in [3.05, 3.63) is 101 Å². The van der Waals surface area contributed by atoms with Gasteiger partial charge < -0.3 is 20.1 Å². The number of nitrogens with zero attached hydrogens (tertiary/aromatic N) is 6. The zero-order chi connectivity index (χ0) is 38.0. The molecule has 1 aliphatic carbocycles. The molecule has 0 spiro atoms. The molecule has 0 unspecified atom stereocenters. The Labute approximate surface area is 315 Å². The average Bonchev–Trinajstić information content (AvgIpc) is 3.81. The number of anilines is 1. The number of hydrogen-bond donors (Lipinski definition) is 3. The molecule has 3 aromatic carbocycles. The molecule has 3 aromatic heterocycles. The third kappa shape index (κ3) is 6.29. The highest BCUT2D eigenvalue weighted by Gasteiger charge is 2.36. The zero-order valence-electron chi connectivity index (χ0n) is 30.5. The first-order chi connectivity index (χ1) is 26.6. The van der Waals surface area contributed by atoms with Crippen LogP contribution in [0.5, 0.6) is 0 Å². The van der Waals surface area contributed by atoms with Gasteiger partial charge in [0.2, 0.25) is 11.8 Å². The summed E-state index contributed by atoms with van der Waals surface area (Å²) in [6, 6.07) is 18.6.